The second kappa shape index (κ2) is 7.71. The first kappa shape index (κ1) is 17.6. The molecule has 1 aromatic carbocycles. The maximum Gasteiger partial charge on any atom is 0.336 e. The van der Waals surface area contributed by atoms with Crippen LogP contribution in [0.2, 0.25) is 0 Å². The second-order valence-electron chi connectivity index (χ2n) is 4.91. The van der Waals surface area contributed by atoms with E-state index < -0.39 is 22.2 Å². The molecule has 122 valence electrons. The quantitative estimate of drug-likeness (QED) is 0.383. The SMILES string of the molecule is C[C@H](OS(=O)(=O)c1ccc(I)cc1)C(=O)OCC1CCCO1. The van der Waals surface area contributed by atoms with Gasteiger partial charge in [-0.05, 0) is 66.6 Å². The number of rotatable bonds is 6. The summed E-state index contributed by atoms with van der Waals surface area (Å²) in [6.45, 7) is 2.13. The molecule has 6 nitrogen and oxygen atoms in total. The van der Waals surface area contributed by atoms with Crippen LogP contribution in [0.15, 0.2) is 29.2 Å². The zero-order chi connectivity index (χ0) is 16.2. The Bertz CT molecular complexity index is 607. The summed E-state index contributed by atoms with van der Waals surface area (Å²) in [4.78, 5) is 11.8. The van der Waals surface area contributed by atoms with Crippen LogP contribution in [-0.2, 0) is 28.6 Å². The Morgan fingerprint density at radius 2 is 2.09 bits per heavy atom. The zero-order valence-corrected chi connectivity index (χ0v) is 15.0. The lowest BCUT2D eigenvalue weighted by molar-refractivity contribution is -0.154. The zero-order valence-electron chi connectivity index (χ0n) is 12.0. The number of benzene rings is 1. The lowest BCUT2D eigenvalue weighted by Gasteiger charge is -2.14. The van der Waals surface area contributed by atoms with Gasteiger partial charge in [-0.2, -0.15) is 8.42 Å². The monoisotopic (exact) mass is 440 g/mol. The maximum absolute atomic E-state index is 12.1. The molecule has 1 aliphatic heterocycles. The molecule has 1 aliphatic rings. The molecule has 22 heavy (non-hydrogen) atoms. The van der Waals surface area contributed by atoms with Gasteiger partial charge in [0.05, 0.1) is 11.0 Å². The predicted molar refractivity (Wildman–Crippen MR) is 86.8 cm³/mol. The standard InChI is InChI=1S/C14H17IO6S/c1-10(14(16)20-9-12-3-2-8-19-12)21-22(17,18)13-6-4-11(15)5-7-13/h4-7,10,12H,2-3,8-9H2,1H3/t10-,12?/m0/s1. The van der Waals surface area contributed by atoms with E-state index in [2.05, 4.69) is 22.6 Å². The molecule has 0 amide bonds. The second-order valence-corrected chi connectivity index (χ2v) is 7.73. The summed E-state index contributed by atoms with van der Waals surface area (Å²) in [7, 11) is -3.99. The Morgan fingerprint density at radius 3 is 2.68 bits per heavy atom. The van der Waals surface area contributed by atoms with Crippen LogP contribution in [0.1, 0.15) is 19.8 Å². The van der Waals surface area contributed by atoms with Crippen molar-refractivity contribution in [1.82, 2.24) is 0 Å². The molecule has 0 saturated carbocycles. The molecule has 8 heteroatoms. The summed E-state index contributed by atoms with van der Waals surface area (Å²) in [6.07, 6.45) is 0.466. The van der Waals surface area contributed by atoms with Crippen LogP contribution < -0.4 is 0 Å². The fourth-order valence-corrected chi connectivity index (χ4v) is 3.35. The van der Waals surface area contributed by atoms with Crippen molar-refractivity contribution in [1.29, 1.82) is 0 Å². The van der Waals surface area contributed by atoms with Crippen molar-refractivity contribution >= 4 is 38.7 Å². The number of esters is 1. The third kappa shape index (κ3) is 4.90. The van der Waals surface area contributed by atoms with Crippen molar-refractivity contribution in [2.45, 2.75) is 36.9 Å². The summed E-state index contributed by atoms with van der Waals surface area (Å²) in [5.74, 6) is -0.718. The largest absolute Gasteiger partial charge is 0.461 e. The minimum Gasteiger partial charge on any atom is -0.461 e. The van der Waals surface area contributed by atoms with Gasteiger partial charge < -0.3 is 9.47 Å². The molecule has 2 atom stereocenters. The molecular weight excluding hydrogens is 423 g/mol. The van der Waals surface area contributed by atoms with E-state index in [-0.39, 0.29) is 17.6 Å². The van der Waals surface area contributed by atoms with Gasteiger partial charge in [-0.15, -0.1) is 0 Å². The average Bonchev–Trinajstić information content (AvgIpc) is 2.98. The Balaban J connectivity index is 1.90. The minimum absolute atomic E-state index is 0.00620. The van der Waals surface area contributed by atoms with Gasteiger partial charge in [-0.1, -0.05) is 0 Å². The molecule has 1 fully saturated rings. The number of carbonyl (C=O) groups is 1. The van der Waals surface area contributed by atoms with E-state index in [0.29, 0.717) is 6.61 Å². The van der Waals surface area contributed by atoms with Crippen LogP contribution in [0.4, 0.5) is 0 Å². The highest BCUT2D eigenvalue weighted by molar-refractivity contribution is 14.1. The molecule has 0 N–H and O–H groups in total. The first-order valence-corrected chi connectivity index (χ1v) is 9.34. The molecule has 0 aromatic heterocycles. The summed E-state index contributed by atoms with van der Waals surface area (Å²) in [5, 5.41) is 0. The Labute approximate surface area is 143 Å². The lowest BCUT2D eigenvalue weighted by atomic mass is 10.2. The van der Waals surface area contributed by atoms with Crippen molar-refractivity contribution in [2.75, 3.05) is 13.2 Å². The molecule has 0 aliphatic carbocycles. The number of ether oxygens (including phenoxy) is 2. The molecule has 1 unspecified atom stereocenters. The fourth-order valence-electron chi connectivity index (χ4n) is 1.95. The van der Waals surface area contributed by atoms with E-state index in [9.17, 15) is 13.2 Å². The molecular formula is C14H17IO6S. The van der Waals surface area contributed by atoms with Gasteiger partial charge >= 0.3 is 5.97 Å². The molecule has 0 spiro atoms. The van der Waals surface area contributed by atoms with Crippen LogP contribution in [-0.4, -0.2) is 39.8 Å². The third-order valence-corrected chi connectivity index (χ3v) is 5.25. The average molecular weight is 440 g/mol. The Hall–Kier alpha value is -0.710. The highest BCUT2D eigenvalue weighted by atomic mass is 127. The van der Waals surface area contributed by atoms with Crippen LogP contribution in [0.25, 0.3) is 0 Å². The predicted octanol–water partition coefficient (Wildman–Crippen LogP) is 2.11. The van der Waals surface area contributed by atoms with E-state index in [4.69, 9.17) is 13.7 Å². The van der Waals surface area contributed by atoms with Gasteiger partial charge in [0.1, 0.15) is 6.61 Å². The lowest BCUT2D eigenvalue weighted by Crippen LogP contribution is -2.29. The van der Waals surface area contributed by atoms with Crippen molar-refractivity contribution < 1.29 is 26.9 Å². The summed E-state index contributed by atoms with van der Waals surface area (Å²) in [6, 6.07) is 6.16. The van der Waals surface area contributed by atoms with Crippen molar-refractivity contribution in [3.05, 3.63) is 27.8 Å². The topological polar surface area (TPSA) is 78.9 Å². The Morgan fingerprint density at radius 1 is 1.41 bits per heavy atom. The van der Waals surface area contributed by atoms with Gasteiger partial charge in [0.15, 0.2) is 6.10 Å². The normalized spacial score (nSPS) is 19.8. The van der Waals surface area contributed by atoms with E-state index >= 15 is 0 Å². The summed E-state index contributed by atoms with van der Waals surface area (Å²) in [5.41, 5.74) is 0. The summed E-state index contributed by atoms with van der Waals surface area (Å²) < 4.78 is 40.3. The third-order valence-electron chi connectivity index (χ3n) is 3.14. The first-order valence-electron chi connectivity index (χ1n) is 6.85. The molecule has 1 heterocycles. The molecule has 0 radical (unpaired) electrons. The fraction of sp³-hybridized carbons (Fsp3) is 0.500. The van der Waals surface area contributed by atoms with Crippen LogP contribution in [0.5, 0.6) is 0 Å². The van der Waals surface area contributed by atoms with E-state index in [0.717, 1.165) is 16.4 Å². The number of hydrogen-bond donors (Lipinski definition) is 0. The van der Waals surface area contributed by atoms with Gasteiger partial charge in [-0.25, -0.2) is 4.79 Å². The molecule has 1 saturated heterocycles. The van der Waals surface area contributed by atoms with Crippen molar-refractivity contribution in [3.8, 4) is 0 Å². The van der Waals surface area contributed by atoms with Crippen molar-refractivity contribution in [3.63, 3.8) is 0 Å². The smallest absolute Gasteiger partial charge is 0.336 e. The number of hydrogen-bond acceptors (Lipinski definition) is 6. The van der Waals surface area contributed by atoms with Gasteiger partial charge in [0.25, 0.3) is 10.1 Å². The maximum atomic E-state index is 12.1. The van der Waals surface area contributed by atoms with Crippen LogP contribution in [0.3, 0.4) is 0 Å². The summed E-state index contributed by atoms with van der Waals surface area (Å²) >= 11 is 2.07. The van der Waals surface area contributed by atoms with Gasteiger partial charge in [0, 0.05) is 10.2 Å². The van der Waals surface area contributed by atoms with E-state index in [1.54, 1.807) is 12.1 Å². The van der Waals surface area contributed by atoms with Gasteiger partial charge in [0.2, 0.25) is 0 Å². The van der Waals surface area contributed by atoms with E-state index in [1.807, 2.05) is 0 Å². The molecule has 0 bridgehead atoms. The first-order chi connectivity index (χ1) is 10.4. The number of carbonyl (C=O) groups excluding carboxylic acids is 1. The number of halogens is 1. The van der Waals surface area contributed by atoms with Crippen molar-refractivity contribution in [2.24, 2.45) is 0 Å². The minimum atomic E-state index is -3.99. The van der Waals surface area contributed by atoms with E-state index in [1.165, 1.54) is 19.1 Å². The van der Waals surface area contributed by atoms with Gasteiger partial charge in [-0.3, -0.25) is 4.18 Å². The molecule has 1 aromatic rings. The van der Waals surface area contributed by atoms with Crippen LogP contribution in [0, 0.1) is 3.57 Å². The highest BCUT2D eigenvalue weighted by Crippen LogP contribution is 2.17. The Kier molecular flexibility index (Phi) is 6.18. The highest BCUT2D eigenvalue weighted by Gasteiger charge is 2.26. The van der Waals surface area contributed by atoms with Crippen LogP contribution >= 0.6 is 22.6 Å². The molecule has 2 rings (SSSR count).